The number of hydrogen-bond acceptors (Lipinski definition) is 6. The highest BCUT2D eigenvalue weighted by molar-refractivity contribution is 5.71. The van der Waals surface area contributed by atoms with E-state index >= 15 is 0 Å². The largest absolute Gasteiger partial charge is 0.462 e. The Balaban J connectivity index is 4.34. The van der Waals surface area contributed by atoms with Crippen molar-refractivity contribution in [2.75, 3.05) is 13.2 Å². The molecule has 1 unspecified atom stereocenters. The average Bonchev–Trinajstić information content (AvgIpc) is 3.43. The summed E-state index contributed by atoms with van der Waals surface area (Å²) in [6, 6.07) is 0. The monoisotopic (exact) mass is 1060 g/mol. The van der Waals surface area contributed by atoms with E-state index in [4.69, 9.17) is 14.2 Å². The van der Waals surface area contributed by atoms with Crippen molar-refractivity contribution in [3.05, 3.63) is 134 Å². The van der Waals surface area contributed by atoms with Crippen LogP contribution >= 0.6 is 0 Å². The Kier molecular flexibility index (Phi) is 60.4. The van der Waals surface area contributed by atoms with Gasteiger partial charge in [-0.15, -0.1) is 0 Å². The molecule has 77 heavy (non-hydrogen) atoms. The summed E-state index contributed by atoms with van der Waals surface area (Å²) < 4.78 is 16.8. The van der Waals surface area contributed by atoms with E-state index in [-0.39, 0.29) is 31.1 Å². The molecule has 0 aromatic heterocycles. The predicted molar refractivity (Wildman–Crippen MR) is 334 cm³/mol. The molecule has 0 bridgehead atoms. The van der Waals surface area contributed by atoms with E-state index in [0.29, 0.717) is 19.3 Å². The van der Waals surface area contributed by atoms with Gasteiger partial charge in [0, 0.05) is 19.3 Å². The van der Waals surface area contributed by atoms with Crippen LogP contribution in [0.2, 0.25) is 0 Å². The molecule has 6 heteroatoms. The molecule has 0 fully saturated rings. The minimum atomic E-state index is -0.799. The number of hydrogen-bond donors (Lipinski definition) is 0. The van der Waals surface area contributed by atoms with Crippen LogP contribution in [0.4, 0.5) is 0 Å². The quantitative estimate of drug-likeness (QED) is 0.0261. The molecule has 0 spiro atoms. The van der Waals surface area contributed by atoms with Crippen molar-refractivity contribution < 1.29 is 28.6 Å². The first-order valence-electron chi connectivity index (χ1n) is 31.7. The van der Waals surface area contributed by atoms with Crippen molar-refractivity contribution in [2.45, 2.75) is 284 Å². The molecule has 0 aliphatic carbocycles. The lowest BCUT2D eigenvalue weighted by Crippen LogP contribution is -2.30. The Bertz CT molecular complexity index is 1650. The molecule has 0 aliphatic heterocycles. The summed E-state index contributed by atoms with van der Waals surface area (Å²) in [5.41, 5.74) is 0. The van der Waals surface area contributed by atoms with E-state index in [1.54, 1.807) is 0 Å². The molecular weight excluding hydrogens is 949 g/mol. The minimum Gasteiger partial charge on any atom is -0.462 e. The van der Waals surface area contributed by atoms with Crippen LogP contribution in [0.15, 0.2) is 134 Å². The molecule has 0 saturated heterocycles. The standard InChI is InChI=1S/C71H116O6/c1-4-7-10-13-16-19-21-23-25-27-29-31-32-33-34-35-36-37-38-40-41-43-45-47-49-52-55-58-61-64-70(73)76-67-68(66-75-69(72)63-60-57-54-51-18-15-12-9-6-3)77-71(74)65-62-59-56-53-50-48-46-44-42-39-30-28-26-24-22-20-17-14-11-8-5-2/h7,10,16,19,22-25,28-31,33-34,36-37,40-42,44-45,47,68H,4-6,8-9,11-15,17-18,20-21,26-27,32,35,38-39,43,46,48-67H2,1-3H3/b10-7-,19-16-,24-22-,25-23-,30-28-,31-29-,34-33-,37-36-,41-40-,44-42-,47-45-. The summed E-state index contributed by atoms with van der Waals surface area (Å²) in [7, 11) is 0. The molecule has 436 valence electrons. The van der Waals surface area contributed by atoms with Crippen LogP contribution in [0, 0.1) is 0 Å². The molecule has 1 atom stereocenters. The Labute approximate surface area is 475 Å². The van der Waals surface area contributed by atoms with Crippen LogP contribution in [0.5, 0.6) is 0 Å². The molecule has 0 aliphatic rings. The van der Waals surface area contributed by atoms with Crippen molar-refractivity contribution in [2.24, 2.45) is 0 Å². The van der Waals surface area contributed by atoms with Gasteiger partial charge in [-0.3, -0.25) is 14.4 Å². The van der Waals surface area contributed by atoms with Gasteiger partial charge < -0.3 is 14.2 Å². The third kappa shape index (κ3) is 62.3. The summed E-state index contributed by atoms with van der Waals surface area (Å²) in [6.07, 6.45) is 90.3. The maximum absolute atomic E-state index is 12.9. The van der Waals surface area contributed by atoms with Crippen LogP contribution in [0.1, 0.15) is 278 Å². The van der Waals surface area contributed by atoms with E-state index in [1.807, 2.05) is 0 Å². The molecular formula is C71H116O6. The lowest BCUT2D eigenvalue weighted by molar-refractivity contribution is -0.167. The molecule has 0 saturated carbocycles. The smallest absolute Gasteiger partial charge is 0.306 e. The van der Waals surface area contributed by atoms with Gasteiger partial charge in [0.25, 0.3) is 0 Å². The second kappa shape index (κ2) is 64.1. The summed E-state index contributed by atoms with van der Waals surface area (Å²) >= 11 is 0. The third-order valence-electron chi connectivity index (χ3n) is 13.1. The van der Waals surface area contributed by atoms with Crippen LogP contribution in [0.3, 0.4) is 0 Å². The zero-order chi connectivity index (χ0) is 55.7. The predicted octanol–water partition coefficient (Wildman–Crippen LogP) is 21.8. The number of carbonyl (C=O) groups is 3. The van der Waals surface area contributed by atoms with Crippen molar-refractivity contribution in [1.82, 2.24) is 0 Å². The zero-order valence-corrected chi connectivity index (χ0v) is 49.9. The fourth-order valence-electron chi connectivity index (χ4n) is 8.41. The Morgan fingerprint density at radius 1 is 0.273 bits per heavy atom. The van der Waals surface area contributed by atoms with Gasteiger partial charge in [0.15, 0.2) is 6.10 Å². The zero-order valence-electron chi connectivity index (χ0n) is 49.9. The van der Waals surface area contributed by atoms with Gasteiger partial charge in [-0.1, -0.05) is 270 Å². The summed E-state index contributed by atoms with van der Waals surface area (Å²) in [6.45, 7) is 6.46. The molecule has 0 amide bonds. The highest BCUT2D eigenvalue weighted by atomic mass is 16.6. The Hall–Kier alpha value is -4.45. The molecule has 0 heterocycles. The summed E-state index contributed by atoms with van der Waals surface area (Å²) in [5, 5.41) is 0. The van der Waals surface area contributed by atoms with E-state index in [2.05, 4.69) is 154 Å². The van der Waals surface area contributed by atoms with Crippen LogP contribution in [0.25, 0.3) is 0 Å². The van der Waals surface area contributed by atoms with Gasteiger partial charge in [-0.25, -0.2) is 0 Å². The van der Waals surface area contributed by atoms with Gasteiger partial charge >= 0.3 is 17.9 Å². The van der Waals surface area contributed by atoms with E-state index in [1.165, 1.54) is 89.9 Å². The highest BCUT2D eigenvalue weighted by Crippen LogP contribution is 2.14. The van der Waals surface area contributed by atoms with Crippen LogP contribution in [-0.2, 0) is 28.6 Å². The van der Waals surface area contributed by atoms with Crippen molar-refractivity contribution in [3.63, 3.8) is 0 Å². The lowest BCUT2D eigenvalue weighted by atomic mass is 10.1. The van der Waals surface area contributed by atoms with Gasteiger partial charge in [-0.2, -0.15) is 0 Å². The number of ether oxygens (including phenoxy) is 3. The van der Waals surface area contributed by atoms with Gasteiger partial charge in [-0.05, 0) is 122 Å². The maximum atomic E-state index is 12.9. The maximum Gasteiger partial charge on any atom is 0.306 e. The molecule has 0 aromatic rings. The van der Waals surface area contributed by atoms with E-state index in [0.717, 1.165) is 148 Å². The molecule has 0 aromatic carbocycles. The summed E-state index contributed by atoms with van der Waals surface area (Å²) in [5.74, 6) is -0.935. The normalized spacial score (nSPS) is 13.0. The fraction of sp³-hybridized carbons (Fsp3) is 0.648. The van der Waals surface area contributed by atoms with Crippen molar-refractivity contribution >= 4 is 17.9 Å². The molecule has 6 nitrogen and oxygen atoms in total. The van der Waals surface area contributed by atoms with Crippen molar-refractivity contribution in [1.29, 1.82) is 0 Å². The first kappa shape index (κ1) is 72.5. The number of rotatable bonds is 56. The fourth-order valence-corrected chi connectivity index (χ4v) is 8.41. The lowest BCUT2D eigenvalue weighted by Gasteiger charge is -2.18. The second-order valence-corrected chi connectivity index (χ2v) is 20.6. The number of esters is 3. The highest BCUT2D eigenvalue weighted by Gasteiger charge is 2.19. The van der Waals surface area contributed by atoms with E-state index < -0.39 is 6.10 Å². The van der Waals surface area contributed by atoms with Gasteiger partial charge in [0.05, 0.1) is 0 Å². The first-order valence-corrected chi connectivity index (χ1v) is 31.7. The topological polar surface area (TPSA) is 78.9 Å². The Morgan fingerprint density at radius 3 is 0.792 bits per heavy atom. The second-order valence-electron chi connectivity index (χ2n) is 20.6. The molecule has 0 radical (unpaired) electrons. The molecule has 0 N–H and O–H groups in total. The average molecular weight is 1070 g/mol. The van der Waals surface area contributed by atoms with E-state index in [9.17, 15) is 14.4 Å². The van der Waals surface area contributed by atoms with Gasteiger partial charge in [0.2, 0.25) is 0 Å². The minimum absolute atomic E-state index is 0.0938. The Morgan fingerprint density at radius 2 is 0.506 bits per heavy atom. The number of allylic oxidation sites excluding steroid dienone is 22. The third-order valence-corrected chi connectivity index (χ3v) is 13.1. The summed E-state index contributed by atoms with van der Waals surface area (Å²) in [4.78, 5) is 38.2. The van der Waals surface area contributed by atoms with Crippen molar-refractivity contribution in [3.8, 4) is 0 Å². The first-order chi connectivity index (χ1) is 38.0. The molecule has 0 rings (SSSR count). The van der Waals surface area contributed by atoms with Crippen LogP contribution < -0.4 is 0 Å². The number of unbranched alkanes of at least 4 members (excludes halogenated alkanes) is 23. The SMILES string of the molecule is CC/C=C\C/C=C\C/C=C\C/C=C\C/C=C\C/C=C\C/C=C\C/C=C\CCCCCCC(=O)OCC(COC(=O)CCCCCCCCCCC)OC(=O)CCCCCCCC/C=C\C/C=C\C/C=C\CCCCCCC. The number of carbonyl (C=O) groups excluding carboxylic acids is 3. The van der Waals surface area contributed by atoms with Crippen LogP contribution in [-0.4, -0.2) is 37.2 Å². The van der Waals surface area contributed by atoms with Gasteiger partial charge in [0.1, 0.15) is 13.2 Å².